The molecule has 112 valence electrons. The number of urea groups is 1. The second-order valence-electron chi connectivity index (χ2n) is 4.89. The van der Waals surface area contributed by atoms with Gasteiger partial charge in [-0.15, -0.1) is 6.42 Å². The van der Waals surface area contributed by atoms with E-state index in [1.54, 1.807) is 14.1 Å². The van der Waals surface area contributed by atoms with Crippen LogP contribution in [0, 0.1) is 12.3 Å². The van der Waals surface area contributed by atoms with E-state index in [1.165, 1.54) is 4.90 Å². The maximum Gasteiger partial charge on any atom is 0.321 e. The minimum absolute atomic E-state index is 0.142. The first-order valence-electron chi connectivity index (χ1n) is 6.86. The third-order valence-electron chi connectivity index (χ3n) is 3.05. The van der Waals surface area contributed by atoms with Crippen LogP contribution in [0.25, 0.3) is 11.1 Å². The van der Waals surface area contributed by atoms with Crippen molar-refractivity contribution in [1.29, 1.82) is 0 Å². The molecule has 0 aliphatic rings. The average molecular weight is 294 g/mol. The molecule has 2 amide bonds. The van der Waals surface area contributed by atoms with Gasteiger partial charge in [-0.1, -0.05) is 42.3 Å². The first kappa shape index (κ1) is 15.5. The Labute approximate surface area is 130 Å². The summed E-state index contributed by atoms with van der Waals surface area (Å²) in [5.41, 5.74) is 2.66. The monoisotopic (exact) mass is 294 g/mol. The van der Waals surface area contributed by atoms with Crippen LogP contribution in [-0.2, 0) is 0 Å². The standard InChI is InChI=1S/C18H18N2O2/c1-4-12-22-17-13-15(14-8-6-5-7-9-14)10-11-16(17)19-18(21)20(2)3/h1,5-11,13H,12H2,2-3H3,(H,19,21). The third kappa shape index (κ3) is 3.80. The van der Waals surface area contributed by atoms with E-state index in [2.05, 4.69) is 11.2 Å². The van der Waals surface area contributed by atoms with Crippen molar-refractivity contribution < 1.29 is 9.53 Å². The third-order valence-corrected chi connectivity index (χ3v) is 3.05. The number of anilines is 1. The number of amides is 2. The Morgan fingerprint density at radius 1 is 1.18 bits per heavy atom. The Morgan fingerprint density at radius 3 is 2.55 bits per heavy atom. The summed E-state index contributed by atoms with van der Waals surface area (Å²) >= 11 is 0. The van der Waals surface area contributed by atoms with Crippen LogP contribution in [0.3, 0.4) is 0 Å². The molecule has 0 atom stereocenters. The van der Waals surface area contributed by atoms with Crippen LogP contribution in [0.15, 0.2) is 48.5 Å². The number of nitrogens with one attached hydrogen (secondary N) is 1. The van der Waals surface area contributed by atoms with Crippen LogP contribution in [0.4, 0.5) is 10.5 Å². The van der Waals surface area contributed by atoms with Crippen LogP contribution >= 0.6 is 0 Å². The number of nitrogens with zero attached hydrogens (tertiary/aromatic N) is 1. The minimum atomic E-state index is -0.224. The summed E-state index contributed by atoms with van der Waals surface area (Å²) in [6.45, 7) is 0.142. The molecular formula is C18H18N2O2. The zero-order valence-corrected chi connectivity index (χ0v) is 12.7. The van der Waals surface area contributed by atoms with E-state index in [9.17, 15) is 4.79 Å². The van der Waals surface area contributed by atoms with Crippen molar-refractivity contribution in [3.63, 3.8) is 0 Å². The summed E-state index contributed by atoms with van der Waals surface area (Å²) < 4.78 is 5.56. The van der Waals surface area contributed by atoms with Gasteiger partial charge in [-0.3, -0.25) is 0 Å². The van der Waals surface area contributed by atoms with E-state index >= 15 is 0 Å². The lowest BCUT2D eigenvalue weighted by Crippen LogP contribution is -2.27. The molecule has 0 saturated heterocycles. The van der Waals surface area contributed by atoms with Gasteiger partial charge in [0.25, 0.3) is 0 Å². The van der Waals surface area contributed by atoms with Gasteiger partial charge in [0.1, 0.15) is 12.4 Å². The van der Waals surface area contributed by atoms with Crippen LogP contribution in [-0.4, -0.2) is 31.6 Å². The highest BCUT2D eigenvalue weighted by molar-refractivity contribution is 5.91. The molecule has 4 heteroatoms. The van der Waals surface area contributed by atoms with E-state index in [0.29, 0.717) is 11.4 Å². The smallest absolute Gasteiger partial charge is 0.321 e. The fraction of sp³-hybridized carbons (Fsp3) is 0.167. The summed E-state index contributed by atoms with van der Waals surface area (Å²) in [6.07, 6.45) is 5.25. The summed E-state index contributed by atoms with van der Waals surface area (Å²) in [4.78, 5) is 13.3. The molecule has 22 heavy (non-hydrogen) atoms. The van der Waals surface area contributed by atoms with Crippen LogP contribution in [0.5, 0.6) is 5.75 Å². The van der Waals surface area contributed by atoms with Gasteiger partial charge in [-0.2, -0.15) is 0 Å². The number of hydrogen-bond donors (Lipinski definition) is 1. The van der Waals surface area contributed by atoms with E-state index in [4.69, 9.17) is 11.2 Å². The second kappa shape index (κ2) is 7.19. The van der Waals surface area contributed by atoms with Gasteiger partial charge in [0.05, 0.1) is 5.69 Å². The highest BCUT2D eigenvalue weighted by atomic mass is 16.5. The summed E-state index contributed by atoms with van der Waals surface area (Å²) in [5, 5.41) is 2.79. The van der Waals surface area contributed by atoms with Gasteiger partial charge in [0.2, 0.25) is 0 Å². The Morgan fingerprint density at radius 2 is 1.91 bits per heavy atom. The molecule has 0 spiro atoms. The normalized spacial score (nSPS) is 9.68. The first-order chi connectivity index (χ1) is 10.6. The SMILES string of the molecule is C#CCOc1cc(-c2ccccc2)ccc1NC(=O)N(C)C. The second-order valence-corrected chi connectivity index (χ2v) is 4.89. The molecule has 4 nitrogen and oxygen atoms in total. The topological polar surface area (TPSA) is 41.6 Å². The Bertz CT molecular complexity index is 688. The van der Waals surface area contributed by atoms with Crippen molar-refractivity contribution in [3.8, 4) is 29.2 Å². The van der Waals surface area contributed by atoms with Gasteiger partial charge in [-0.05, 0) is 23.3 Å². The first-order valence-corrected chi connectivity index (χ1v) is 6.86. The molecule has 0 heterocycles. The molecule has 0 aliphatic heterocycles. The number of benzene rings is 2. The maximum atomic E-state index is 11.8. The summed E-state index contributed by atoms with van der Waals surface area (Å²) in [5.74, 6) is 2.98. The highest BCUT2D eigenvalue weighted by Crippen LogP contribution is 2.31. The molecule has 2 aromatic carbocycles. The van der Waals surface area contributed by atoms with E-state index in [1.807, 2.05) is 48.5 Å². The van der Waals surface area contributed by atoms with Crippen molar-refractivity contribution in [2.75, 3.05) is 26.0 Å². The van der Waals surface area contributed by atoms with E-state index < -0.39 is 0 Å². The molecule has 0 aliphatic carbocycles. The molecule has 2 aromatic rings. The Hall–Kier alpha value is -2.93. The van der Waals surface area contributed by atoms with Crippen LogP contribution in [0.2, 0.25) is 0 Å². The lowest BCUT2D eigenvalue weighted by molar-refractivity contribution is 0.230. The van der Waals surface area contributed by atoms with Crippen molar-refractivity contribution in [2.24, 2.45) is 0 Å². The van der Waals surface area contributed by atoms with E-state index in [0.717, 1.165) is 11.1 Å². The van der Waals surface area contributed by atoms with Crippen molar-refractivity contribution in [3.05, 3.63) is 48.5 Å². The van der Waals surface area contributed by atoms with Gasteiger partial charge >= 0.3 is 6.03 Å². The van der Waals surface area contributed by atoms with Crippen LogP contribution in [0.1, 0.15) is 0 Å². The van der Waals surface area contributed by atoms with Crippen molar-refractivity contribution >= 4 is 11.7 Å². The molecule has 0 aromatic heterocycles. The van der Waals surface area contributed by atoms with E-state index in [-0.39, 0.29) is 12.6 Å². The number of rotatable bonds is 4. The molecule has 0 radical (unpaired) electrons. The van der Waals surface area contributed by atoms with Gasteiger partial charge in [0, 0.05) is 14.1 Å². The summed E-state index contributed by atoms with van der Waals surface area (Å²) in [7, 11) is 3.35. The minimum Gasteiger partial charge on any atom is -0.479 e. The van der Waals surface area contributed by atoms with Crippen LogP contribution < -0.4 is 10.1 Å². The zero-order valence-electron chi connectivity index (χ0n) is 12.7. The molecule has 0 bridgehead atoms. The molecule has 0 fully saturated rings. The van der Waals surface area contributed by atoms with Crippen molar-refractivity contribution in [2.45, 2.75) is 0 Å². The average Bonchev–Trinajstić information content (AvgIpc) is 2.54. The summed E-state index contributed by atoms with van der Waals surface area (Å²) in [6, 6.07) is 15.3. The van der Waals surface area contributed by atoms with Crippen molar-refractivity contribution in [1.82, 2.24) is 4.90 Å². The Kier molecular flexibility index (Phi) is 5.05. The number of carbonyl (C=O) groups is 1. The number of ether oxygens (including phenoxy) is 1. The Balaban J connectivity index is 2.34. The zero-order chi connectivity index (χ0) is 15.9. The predicted octanol–water partition coefficient (Wildman–Crippen LogP) is 3.46. The maximum absolute atomic E-state index is 11.8. The largest absolute Gasteiger partial charge is 0.479 e. The molecule has 0 saturated carbocycles. The van der Waals surface area contributed by atoms with Gasteiger partial charge in [-0.25, -0.2) is 4.79 Å². The predicted molar refractivity (Wildman–Crippen MR) is 88.9 cm³/mol. The molecule has 0 unspecified atom stereocenters. The van der Waals surface area contributed by atoms with Gasteiger partial charge in [0.15, 0.2) is 0 Å². The molecule has 1 N–H and O–H groups in total. The number of terminal acetylenes is 1. The highest BCUT2D eigenvalue weighted by Gasteiger charge is 2.11. The number of hydrogen-bond acceptors (Lipinski definition) is 2. The van der Waals surface area contributed by atoms with Gasteiger partial charge < -0.3 is 15.0 Å². The fourth-order valence-corrected chi connectivity index (χ4v) is 1.90. The lowest BCUT2D eigenvalue weighted by atomic mass is 10.0. The lowest BCUT2D eigenvalue weighted by Gasteiger charge is -2.16. The molecular weight excluding hydrogens is 276 g/mol. The quantitative estimate of drug-likeness (QED) is 0.877. The molecule has 2 rings (SSSR count). The number of carbonyl (C=O) groups excluding carboxylic acids is 1. The fourth-order valence-electron chi connectivity index (χ4n) is 1.90.